The Labute approximate surface area is 151 Å². The number of halogens is 3. The number of carbonyl (C=O) groups is 1. The van der Waals surface area contributed by atoms with Crippen molar-refractivity contribution in [3.05, 3.63) is 42.7 Å². The van der Waals surface area contributed by atoms with Gasteiger partial charge in [-0.2, -0.15) is 18.2 Å². The van der Waals surface area contributed by atoms with Crippen molar-refractivity contribution in [2.24, 2.45) is 0 Å². The number of hydrogen-bond acceptors (Lipinski definition) is 6. The summed E-state index contributed by atoms with van der Waals surface area (Å²) in [6.45, 7) is 0. The standard InChI is InChI=1S/C15H13N3O2.C2HF3O2/c1-19-14-12(9-17-15(18-14)20-2)10-5-6-13-11(8-10)4-3-7-16-13;3-2(4,5)1(6)7/h3-9H,1-2H3;(H,6,7). The van der Waals surface area contributed by atoms with E-state index >= 15 is 0 Å². The van der Waals surface area contributed by atoms with Crippen LogP contribution in [0, 0.1) is 0 Å². The lowest BCUT2D eigenvalue weighted by molar-refractivity contribution is -0.192. The molecule has 3 rings (SSSR count). The Kier molecular flexibility index (Phi) is 6.11. The number of rotatable bonds is 3. The first-order valence-electron chi connectivity index (χ1n) is 7.36. The highest BCUT2D eigenvalue weighted by molar-refractivity contribution is 5.85. The van der Waals surface area contributed by atoms with E-state index in [-0.39, 0.29) is 6.01 Å². The molecule has 0 aliphatic carbocycles. The highest BCUT2D eigenvalue weighted by Crippen LogP contribution is 2.30. The number of carboxylic acids is 1. The third kappa shape index (κ3) is 5.03. The van der Waals surface area contributed by atoms with E-state index < -0.39 is 12.1 Å². The molecular formula is C17H14F3N3O4. The summed E-state index contributed by atoms with van der Waals surface area (Å²) in [5, 5.41) is 8.18. The third-order valence-corrected chi connectivity index (χ3v) is 3.26. The SMILES string of the molecule is COc1ncc(-c2ccc3ncccc3c2)c(OC)n1.O=C(O)C(F)(F)F. The first-order valence-corrected chi connectivity index (χ1v) is 7.36. The lowest BCUT2D eigenvalue weighted by Crippen LogP contribution is -2.21. The fourth-order valence-corrected chi connectivity index (χ4v) is 2.05. The number of benzene rings is 1. The number of aromatic nitrogens is 3. The molecule has 0 spiro atoms. The van der Waals surface area contributed by atoms with Gasteiger partial charge in [-0.25, -0.2) is 9.78 Å². The van der Waals surface area contributed by atoms with Crippen LogP contribution in [0.4, 0.5) is 13.2 Å². The average molecular weight is 381 g/mol. The van der Waals surface area contributed by atoms with E-state index in [0.29, 0.717) is 5.88 Å². The van der Waals surface area contributed by atoms with Crippen molar-refractivity contribution in [1.29, 1.82) is 0 Å². The minimum absolute atomic E-state index is 0.285. The minimum Gasteiger partial charge on any atom is -0.480 e. The molecule has 0 fully saturated rings. The quantitative estimate of drug-likeness (QED) is 0.743. The molecule has 1 N–H and O–H groups in total. The van der Waals surface area contributed by atoms with Gasteiger partial charge in [0, 0.05) is 17.8 Å². The van der Waals surface area contributed by atoms with Crippen molar-refractivity contribution in [1.82, 2.24) is 15.0 Å². The molecule has 1 aromatic carbocycles. The van der Waals surface area contributed by atoms with Gasteiger partial charge in [-0.3, -0.25) is 4.98 Å². The maximum atomic E-state index is 10.6. The monoisotopic (exact) mass is 381 g/mol. The number of carboxylic acid groups (broad SMARTS) is 1. The molecule has 0 aliphatic heterocycles. The van der Waals surface area contributed by atoms with E-state index in [0.717, 1.165) is 22.0 Å². The van der Waals surface area contributed by atoms with Gasteiger partial charge in [-0.05, 0) is 23.8 Å². The molecular weight excluding hydrogens is 367 g/mol. The molecule has 10 heteroatoms. The largest absolute Gasteiger partial charge is 0.490 e. The van der Waals surface area contributed by atoms with Crippen molar-refractivity contribution in [2.45, 2.75) is 6.18 Å². The zero-order chi connectivity index (χ0) is 20.0. The summed E-state index contributed by atoms with van der Waals surface area (Å²) >= 11 is 0. The zero-order valence-corrected chi connectivity index (χ0v) is 14.2. The van der Waals surface area contributed by atoms with Crippen molar-refractivity contribution in [3.63, 3.8) is 0 Å². The Morgan fingerprint density at radius 2 is 1.81 bits per heavy atom. The van der Waals surface area contributed by atoms with Crippen LogP contribution in [-0.4, -0.2) is 46.4 Å². The van der Waals surface area contributed by atoms with Crippen LogP contribution in [0.1, 0.15) is 0 Å². The Morgan fingerprint density at radius 3 is 2.41 bits per heavy atom. The molecule has 142 valence electrons. The molecule has 3 aromatic rings. The van der Waals surface area contributed by atoms with Crippen molar-refractivity contribution >= 4 is 16.9 Å². The predicted molar refractivity (Wildman–Crippen MR) is 89.6 cm³/mol. The lowest BCUT2D eigenvalue weighted by Gasteiger charge is -2.09. The van der Waals surface area contributed by atoms with E-state index in [2.05, 4.69) is 15.0 Å². The molecule has 0 unspecified atom stereocenters. The summed E-state index contributed by atoms with van der Waals surface area (Å²) in [5.41, 5.74) is 2.74. The van der Waals surface area contributed by atoms with Crippen molar-refractivity contribution in [3.8, 4) is 23.0 Å². The molecule has 0 atom stereocenters. The number of methoxy groups -OCH3 is 2. The first-order chi connectivity index (χ1) is 12.8. The number of ether oxygens (including phenoxy) is 2. The average Bonchev–Trinajstić information content (AvgIpc) is 2.66. The summed E-state index contributed by atoms with van der Waals surface area (Å²) in [7, 11) is 3.10. The molecule has 2 aromatic heterocycles. The second kappa shape index (κ2) is 8.30. The van der Waals surface area contributed by atoms with Crippen LogP contribution in [0.3, 0.4) is 0 Å². The summed E-state index contributed by atoms with van der Waals surface area (Å²) in [6.07, 6.45) is -1.61. The predicted octanol–water partition coefficient (Wildman–Crippen LogP) is 3.34. The molecule has 27 heavy (non-hydrogen) atoms. The third-order valence-electron chi connectivity index (χ3n) is 3.26. The van der Waals surface area contributed by atoms with E-state index in [9.17, 15) is 13.2 Å². The summed E-state index contributed by atoms with van der Waals surface area (Å²) < 4.78 is 42.0. The first kappa shape index (κ1) is 19.9. The van der Waals surface area contributed by atoms with Gasteiger partial charge in [0.05, 0.1) is 25.3 Å². The normalized spacial score (nSPS) is 10.7. The van der Waals surface area contributed by atoms with Gasteiger partial charge in [0.2, 0.25) is 5.88 Å². The minimum atomic E-state index is -5.08. The molecule has 0 bridgehead atoms. The number of aliphatic carboxylic acids is 1. The summed E-state index contributed by atoms with van der Waals surface area (Å²) in [4.78, 5) is 21.5. The maximum Gasteiger partial charge on any atom is 0.490 e. The zero-order valence-electron chi connectivity index (χ0n) is 14.2. The number of pyridine rings is 1. The van der Waals surface area contributed by atoms with Crippen molar-refractivity contribution < 1.29 is 32.5 Å². The van der Waals surface area contributed by atoms with E-state index in [1.54, 1.807) is 19.5 Å². The van der Waals surface area contributed by atoms with E-state index in [1.807, 2.05) is 30.3 Å². The van der Waals surface area contributed by atoms with Crippen LogP contribution in [0.25, 0.3) is 22.0 Å². The second-order valence-electron chi connectivity index (χ2n) is 4.99. The van der Waals surface area contributed by atoms with Crippen LogP contribution in [0.15, 0.2) is 42.7 Å². The second-order valence-corrected chi connectivity index (χ2v) is 4.99. The van der Waals surface area contributed by atoms with Gasteiger partial charge in [0.1, 0.15) is 0 Å². The van der Waals surface area contributed by atoms with Crippen LogP contribution >= 0.6 is 0 Å². The summed E-state index contributed by atoms with van der Waals surface area (Å²) in [5.74, 6) is -2.27. The van der Waals surface area contributed by atoms with Gasteiger partial charge in [0.15, 0.2) is 0 Å². The van der Waals surface area contributed by atoms with Crippen LogP contribution in [0.5, 0.6) is 11.9 Å². The van der Waals surface area contributed by atoms with Gasteiger partial charge in [0.25, 0.3) is 0 Å². The number of alkyl halides is 3. The fourth-order valence-electron chi connectivity index (χ4n) is 2.05. The maximum absolute atomic E-state index is 10.6. The molecule has 0 saturated heterocycles. The van der Waals surface area contributed by atoms with Crippen LogP contribution in [0.2, 0.25) is 0 Å². The Morgan fingerprint density at radius 1 is 1.11 bits per heavy atom. The van der Waals surface area contributed by atoms with Crippen LogP contribution < -0.4 is 9.47 Å². The van der Waals surface area contributed by atoms with Gasteiger partial charge >= 0.3 is 18.2 Å². The van der Waals surface area contributed by atoms with Gasteiger partial charge in [-0.15, -0.1) is 0 Å². The molecule has 0 radical (unpaired) electrons. The topological polar surface area (TPSA) is 94.4 Å². The van der Waals surface area contributed by atoms with Gasteiger partial charge in [-0.1, -0.05) is 12.1 Å². The number of nitrogens with zero attached hydrogens (tertiary/aromatic N) is 3. The Bertz CT molecular complexity index is 948. The smallest absolute Gasteiger partial charge is 0.480 e. The summed E-state index contributed by atoms with van der Waals surface area (Å²) in [6, 6.07) is 10.2. The van der Waals surface area contributed by atoms with E-state index in [4.69, 9.17) is 19.4 Å². The van der Waals surface area contributed by atoms with E-state index in [1.165, 1.54) is 7.11 Å². The molecule has 2 heterocycles. The van der Waals surface area contributed by atoms with Crippen molar-refractivity contribution in [2.75, 3.05) is 14.2 Å². The van der Waals surface area contributed by atoms with Gasteiger partial charge < -0.3 is 14.6 Å². The lowest BCUT2D eigenvalue weighted by atomic mass is 10.1. The fraction of sp³-hybridized carbons (Fsp3) is 0.176. The molecule has 0 amide bonds. The van der Waals surface area contributed by atoms with Crippen LogP contribution in [-0.2, 0) is 4.79 Å². The molecule has 0 aliphatic rings. The number of hydrogen-bond donors (Lipinski definition) is 1. The number of fused-ring (bicyclic) bond motifs is 1. The highest BCUT2D eigenvalue weighted by atomic mass is 19.4. The Balaban J connectivity index is 0.000000321. The molecule has 0 saturated carbocycles. The highest BCUT2D eigenvalue weighted by Gasteiger charge is 2.38. The molecule has 7 nitrogen and oxygen atoms in total. The Hall–Kier alpha value is -3.43.